The monoisotopic (exact) mass is 1850 g/mol. The second-order valence-corrected chi connectivity index (χ2v) is 33.1. The van der Waals surface area contributed by atoms with Crippen LogP contribution in [0.1, 0.15) is 177 Å². The van der Waals surface area contributed by atoms with Crippen molar-refractivity contribution in [2.45, 2.75) is 177 Å². The van der Waals surface area contributed by atoms with E-state index in [1.54, 1.807) is 0 Å². The van der Waals surface area contributed by atoms with Gasteiger partial charge in [0.05, 0.1) is 45.5 Å². The van der Waals surface area contributed by atoms with Gasteiger partial charge in [-0.3, -0.25) is 0 Å². The number of ether oxygens (including phenoxy) is 4. The Morgan fingerprint density at radius 2 is 0.393 bits per heavy atom. The van der Waals surface area contributed by atoms with Crippen molar-refractivity contribution in [2.75, 3.05) is 59.7 Å². The zero-order valence-corrected chi connectivity index (χ0v) is 88.5. The molecule has 20 aromatic carbocycles. The van der Waals surface area contributed by atoms with Gasteiger partial charge < -0.3 is 43.4 Å². The van der Waals surface area contributed by atoms with E-state index >= 15 is 0 Å². The highest BCUT2D eigenvalue weighted by Gasteiger charge is 2.45. The van der Waals surface area contributed by atoms with Gasteiger partial charge in [-0.2, -0.15) is 0 Å². The fraction of sp³-hybridized carbons (Fsp3) is 0.237. The first-order chi connectivity index (χ1) is 68.6. The average Bonchev–Trinajstić information content (AvgIpc) is 1.31. The summed E-state index contributed by atoms with van der Waals surface area (Å²) in [7, 11) is 10.6. The van der Waals surface area contributed by atoms with E-state index in [0.29, 0.717) is 0 Å². The van der Waals surface area contributed by atoms with Crippen molar-refractivity contribution in [3.8, 4) is 46.0 Å². The first-order valence-electron chi connectivity index (χ1n) is 51.2. The molecule has 25 rings (SSSR count). The first-order valence-corrected chi connectivity index (χ1v) is 51.2. The van der Waals surface area contributed by atoms with Gasteiger partial charge in [0.2, 0.25) is 0 Å². The summed E-state index contributed by atoms with van der Waals surface area (Å²) in [4.78, 5) is 11.3. The van der Waals surface area contributed by atoms with E-state index in [2.05, 4.69) is 451 Å². The molecule has 0 fully saturated rings. The third-order valence-corrected chi connectivity index (χ3v) is 25.8. The second-order valence-electron chi connectivity index (χ2n) is 33.1. The Bertz CT molecular complexity index is 7250. The Hall–Kier alpha value is -14.8. The summed E-state index contributed by atoms with van der Waals surface area (Å²) in [5.41, 5.74) is 14.3. The lowest BCUT2D eigenvalue weighted by molar-refractivity contribution is 0.307. The van der Waals surface area contributed by atoms with Crippen LogP contribution >= 0.6 is 0 Å². The Kier molecular flexibility index (Phi) is 37.0. The van der Waals surface area contributed by atoms with Crippen LogP contribution in [0.2, 0.25) is 0 Å². The molecule has 0 N–H and O–H groups in total. The van der Waals surface area contributed by atoms with Crippen LogP contribution in [0.5, 0.6) is 46.0 Å². The zero-order valence-electron chi connectivity index (χ0n) is 88.5. The van der Waals surface area contributed by atoms with Crippen molar-refractivity contribution < 1.29 is 18.9 Å². The topological polar surface area (TPSA) is 53.1 Å². The highest BCUT2D eigenvalue weighted by Crippen LogP contribution is 2.58. The lowest BCUT2D eigenvalue weighted by Gasteiger charge is -2.42. The number of hydrogen-bond donors (Lipinski definition) is 0. The number of para-hydroxylation sites is 1. The van der Waals surface area contributed by atoms with Gasteiger partial charge >= 0.3 is 0 Å². The van der Waals surface area contributed by atoms with Crippen molar-refractivity contribution in [3.05, 3.63) is 375 Å². The third-order valence-electron chi connectivity index (χ3n) is 25.8. The molecular weight excluding hydrogens is 1710 g/mol. The van der Waals surface area contributed by atoms with E-state index in [4.69, 9.17) is 18.9 Å². The summed E-state index contributed by atoms with van der Waals surface area (Å²) in [6.07, 6.45) is 0. The second kappa shape index (κ2) is 49.0. The average molecular weight is 1860 g/mol. The molecule has 20 aromatic rings. The van der Waals surface area contributed by atoms with Crippen molar-refractivity contribution >= 4 is 165 Å². The Balaban J connectivity index is 0.000000160. The van der Waals surface area contributed by atoms with Crippen molar-refractivity contribution in [3.63, 3.8) is 0 Å². The molecule has 9 heteroatoms. The number of nitrogens with zero attached hydrogens (tertiary/aromatic N) is 5. The minimum atomic E-state index is -0.0109. The molecule has 0 aliphatic carbocycles. The standard InChI is InChI=1S/C27H27N.4C21H15NO.10C2H6/c1-26(2)22-12-8-9-13-24(22)28(5)25-17-21-15-19-11-7-6-10-18(19)14-20(21)16-23(25)27(26,3)4;1-22-18-10-14-6-2-4-8-16(14)12-20(18)23-21-13-17-9-5-3-7-15(17)11-19(21)22;1-22-20-16-8-4-2-6-14(16)10-12-18(20)23-19-13-11-15-7-3-5-9-17(15)21(19)22;1-22-18-12-10-14-6-2-4-8-16(14)20(18)23-21-17-9-5-3-7-15(17)11-13-19(21)22;1-22-18-11-10-14-6-4-5-9-17(14)21(18)23-20-13-16-8-3-2-7-15(16)12-19(20)22;10*1-2/h6-17H,1-5H3;4*2-13H,1H3;10*1-2H3. The van der Waals surface area contributed by atoms with E-state index < -0.39 is 0 Å². The number of hydrogen-bond acceptors (Lipinski definition) is 9. The van der Waals surface area contributed by atoms with Gasteiger partial charge in [-0.25, -0.2) is 0 Å². The summed E-state index contributed by atoms with van der Waals surface area (Å²) >= 11 is 0. The smallest absolute Gasteiger partial charge is 0.159 e. The van der Waals surface area contributed by atoms with Crippen LogP contribution in [0.4, 0.5) is 56.9 Å². The predicted molar refractivity (Wildman–Crippen MR) is 620 cm³/mol. The maximum atomic E-state index is 6.43. The summed E-state index contributed by atoms with van der Waals surface area (Å²) in [5.74, 6) is 7.37. The molecule has 0 aromatic heterocycles. The number of fused-ring (bicyclic) bond motifs is 25. The van der Waals surface area contributed by atoms with Crippen LogP contribution in [0.3, 0.4) is 0 Å². The van der Waals surface area contributed by atoms with Crippen LogP contribution in [-0.4, -0.2) is 35.2 Å². The van der Waals surface area contributed by atoms with Gasteiger partial charge in [-0.05, 0) is 189 Å². The summed E-state index contributed by atoms with van der Waals surface area (Å²) in [6, 6.07) is 128. The van der Waals surface area contributed by atoms with E-state index in [0.717, 1.165) is 108 Å². The molecule has 0 bridgehead atoms. The van der Waals surface area contributed by atoms with Crippen LogP contribution in [0.25, 0.3) is 108 Å². The molecule has 720 valence electrons. The highest BCUT2D eigenvalue weighted by molar-refractivity contribution is 6.09. The molecule has 9 nitrogen and oxygen atoms in total. The van der Waals surface area contributed by atoms with Gasteiger partial charge in [0.15, 0.2) is 46.0 Å². The number of rotatable bonds is 0. The van der Waals surface area contributed by atoms with Gasteiger partial charge in [0, 0.05) is 84.4 Å². The summed E-state index contributed by atoms with van der Waals surface area (Å²) in [5, 5.41) is 24.4. The van der Waals surface area contributed by atoms with E-state index in [1.165, 1.54) is 114 Å². The molecule has 0 radical (unpaired) electrons. The van der Waals surface area contributed by atoms with Crippen LogP contribution in [0.15, 0.2) is 364 Å². The normalized spacial score (nSPS) is 12.3. The Morgan fingerprint density at radius 3 is 0.757 bits per heavy atom. The largest absolute Gasteiger partial charge is 0.453 e. The summed E-state index contributed by atoms with van der Waals surface area (Å²) < 4.78 is 25.2. The van der Waals surface area contributed by atoms with Crippen molar-refractivity contribution in [2.24, 2.45) is 0 Å². The van der Waals surface area contributed by atoms with Gasteiger partial charge in [0.25, 0.3) is 0 Å². The van der Waals surface area contributed by atoms with Crippen molar-refractivity contribution in [1.82, 2.24) is 0 Å². The maximum Gasteiger partial charge on any atom is 0.159 e. The molecular formula is C131H147N5O4. The van der Waals surface area contributed by atoms with E-state index in [1.807, 2.05) is 138 Å². The van der Waals surface area contributed by atoms with Gasteiger partial charge in [-0.15, -0.1) is 0 Å². The van der Waals surface area contributed by atoms with Crippen LogP contribution in [-0.2, 0) is 10.8 Å². The molecule has 0 spiro atoms. The zero-order chi connectivity index (χ0) is 101. The molecule has 5 aliphatic heterocycles. The molecule has 140 heavy (non-hydrogen) atoms. The predicted octanol–water partition coefficient (Wildman–Crippen LogP) is 41.1. The fourth-order valence-electron chi connectivity index (χ4n) is 18.6. The van der Waals surface area contributed by atoms with Crippen molar-refractivity contribution in [1.29, 1.82) is 0 Å². The molecule has 0 saturated carbocycles. The third kappa shape index (κ3) is 20.8. The lowest BCUT2D eigenvalue weighted by Crippen LogP contribution is -2.39. The summed E-state index contributed by atoms with van der Waals surface area (Å²) in [6.45, 7) is 49.6. The highest BCUT2D eigenvalue weighted by atomic mass is 16.5. The first kappa shape index (κ1) is 106. The van der Waals surface area contributed by atoms with Crippen LogP contribution in [0, 0.1) is 0 Å². The lowest BCUT2D eigenvalue weighted by atomic mass is 9.61. The van der Waals surface area contributed by atoms with E-state index in [9.17, 15) is 0 Å². The maximum absolute atomic E-state index is 6.43. The minimum absolute atomic E-state index is 0.00757. The van der Waals surface area contributed by atoms with E-state index in [-0.39, 0.29) is 10.8 Å². The van der Waals surface area contributed by atoms with Crippen LogP contribution < -0.4 is 43.4 Å². The number of benzene rings is 20. The SMILES string of the molecule is CC.CC.CC.CC.CC.CC.CC.CC.CC.CC.CN1c2c(ccc3ccccc23)Oc2ccc3ccccc3c21.CN1c2cc3ccccc3cc2Oc2c1ccc1ccccc21.CN1c2cc3ccccc3cc2Oc2cc3ccccc3cc21.CN1c2ccc3ccccc3c2Oc2c1ccc1ccccc21.CN1c2ccccc2C(C)(C)C(C)(C)c2cc3cc4ccccc4cc3cc21. The minimum Gasteiger partial charge on any atom is -0.453 e. The molecule has 0 amide bonds. The fourth-order valence-corrected chi connectivity index (χ4v) is 18.6. The quantitative estimate of drug-likeness (QED) is 0.138. The molecule has 5 aliphatic rings. The Labute approximate surface area is 835 Å². The molecule has 0 unspecified atom stereocenters. The molecule has 0 atom stereocenters. The molecule has 5 heterocycles. The van der Waals surface area contributed by atoms with Gasteiger partial charge in [-0.1, -0.05) is 433 Å². The Morgan fingerprint density at radius 1 is 0.157 bits per heavy atom. The molecule has 0 saturated heterocycles. The number of anilines is 10. The van der Waals surface area contributed by atoms with Gasteiger partial charge in [0.1, 0.15) is 0 Å².